The van der Waals surface area contributed by atoms with Gasteiger partial charge in [-0.2, -0.15) is 0 Å². The molecule has 0 unspecified atom stereocenters. The molecular formula is C14H16N6O. The summed E-state index contributed by atoms with van der Waals surface area (Å²) in [6.45, 7) is 2.19. The Hall–Kier alpha value is -2.70. The minimum atomic E-state index is -0.433. The summed E-state index contributed by atoms with van der Waals surface area (Å²) in [4.78, 5) is 16.4. The summed E-state index contributed by atoms with van der Waals surface area (Å²) in [5.41, 5.74) is 1.62. The lowest BCUT2D eigenvalue weighted by atomic mass is 10.2. The number of hydrogen-bond acceptors (Lipinski definition) is 4. The summed E-state index contributed by atoms with van der Waals surface area (Å²) in [6, 6.07) is 7.14. The quantitative estimate of drug-likeness (QED) is 0.776. The summed E-state index contributed by atoms with van der Waals surface area (Å²) in [5, 5.41) is 11.0. The molecule has 0 aliphatic rings. The van der Waals surface area contributed by atoms with Crippen LogP contribution in [0, 0.1) is 0 Å². The van der Waals surface area contributed by atoms with Crippen LogP contribution in [0.3, 0.4) is 0 Å². The summed E-state index contributed by atoms with van der Waals surface area (Å²) in [5.74, 6) is 0.688. The SMILES string of the molecule is C[C@H](C(=O)NCc1nccn1C)n1nnc2ccccc21. The van der Waals surface area contributed by atoms with Crippen LogP contribution in [0.5, 0.6) is 0 Å². The highest BCUT2D eigenvalue weighted by molar-refractivity contribution is 5.82. The first-order valence-corrected chi connectivity index (χ1v) is 6.70. The third-order valence-electron chi connectivity index (χ3n) is 3.47. The molecule has 0 radical (unpaired) electrons. The van der Waals surface area contributed by atoms with Crippen molar-refractivity contribution in [2.45, 2.75) is 19.5 Å². The van der Waals surface area contributed by atoms with Gasteiger partial charge in [0.25, 0.3) is 0 Å². The molecule has 1 atom stereocenters. The fourth-order valence-corrected chi connectivity index (χ4v) is 2.16. The molecule has 0 aliphatic carbocycles. The highest BCUT2D eigenvalue weighted by Gasteiger charge is 2.18. The zero-order valence-electron chi connectivity index (χ0n) is 11.9. The molecule has 3 rings (SSSR count). The van der Waals surface area contributed by atoms with Crippen molar-refractivity contribution in [1.82, 2.24) is 29.9 Å². The molecule has 1 aromatic carbocycles. The average molecular weight is 284 g/mol. The van der Waals surface area contributed by atoms with Crippen LogP contribution < -0.4 is 5.32 Å². The molecule has 7 heteroatoms. The van der Waals surface area contributed by atoms with Gasteiger partial charge in [0.15, 0.2) is 0 Å². The summed E-state index contributed by atoms with van der Waals surface area (Å²) in [7, 11) is 1.89. The number of rotatable bonds is 4. The molecule has 0 saturated carbocycles. The summed E-state index contributed by atoms with van der Waals surface area (Å²) >= 11 is 0. The number of fused-ring (bicyclic) bond motifs is 1. The zero-order chi connectivity index (χ0) is 14.8. The Morgan fingerprint density at radius 1 is 1.38 bits per heavy atom. The monoisotopic (exact) mass is 284 g/mol. The normalized spacial score (nSPS) is 12.5. The molecular weight excluding hydrogens is 268 g/mol. The topological polar surface area (TPSA) is 77.6 Å². The summed E-state index contributed by atoms with van der Waals surface area (Å²) in [6.07, 6.45) is 3.55. The number of nitrogens with zero attached hydrogens (tertiary/aromatic N) is 5. The first-order valence-electron chi connectivity index (χ1n) is 6.70. The van der Waals surface area contributed by atoms with E-state index in [-0.39, 0.29) is 5.91 Å². The fraction of sp³-hybridized carbons (Fsp3) is 0.286. The Balaban J connectivity index is 1.74. The molecule has 2 aromatic heterocycles. The van der Waals surface area contributed by atoms with Crippen LogP contribution in [-0.2, 0) is 18.4 Å². The van der Waals surface area contributed by atoms with Crippen LogP contribution in [0.4, 0.5) is 0 Å². The second-order valence-electron chi connectivity index (χ2n) is 4.87. The molecule has 0 bridgehead atoms. The Morgan fingerprint density at radius 2 is 2.19 bits per heavy atom. The molecule has 7 nitrogen and oxygen atoms in total. The van der Waals surface area contributed by atoms with E-state index in [9.17, 15) is 4.79 Å². The molecule has 2 heterocycles. The van der Waals surface area contributed by atoms with E-state index in [1.165, 1.54) is 0 Å². The van der Waals surface area contributed by atoms with Crippen molar-refractivity contribution in [3.05, 3.63) is 42.5 Å². The second kappa shape index (κ2) is 5.35. The number of hydrogen-bond donors (Lipinski definition) is 1. The lowest BCUT2D eigenvalue weighted by Gasteiger charge is -2.12. The third kappa shape index (κ3) is 2.49. The van der Waals surface area contributed by atoms with Gasteiger partial charge < -0.3 is 9.88 Å². The maximum Gasteiger partial charge on any atom is 0.245 e. The van der Waals surface area contributed by atoms with E-state index in [1.807, 2.05) is 42.1 Å². The molecule has 108 valence electrons. The van der Waals surface area contributed by atoms with Gasteiger partial charge >= 0.3 is 0 Å². The van der Waals surface area contributed by atoms with E-state index in [0.29, 0.717) is 6.54 Å². The lowest BCUT2D eigenvalue weighted by molar-refractivity contribution is -0.124. The predicted octanol–water partition coefficient (Wildman–Crippen LogP) is 1.04. The van der Waals surface area contributed by atoms with Gasteiger partial charge in [0.2, 0.25) is 5.91 Å². The van der Waals surface area contributed by atoms with Crippen LogP contribution in [0.1, 0.15) is 18.8 Å². The molecule has 0 fully saturated rings. The van der Waals surface area contributed by atoms with Crippen molar-refractivity contribution in [3.63, 3.8) is 0 Å². The standard InChI is InChI=1S/C14H16N6O/c1-10(14(21)16-9-13-15-7-8-19(13)2)20-12-6-4-3-5-11(12)17-18-20/h3-8,10H,9H2,1-2H3,(H,16,21)/t10-/m1/s1. The van der Waals surface area contributed by atoms with Gasteiger partial charge in [-0.25, -0.2) is 9.67 Å². The second-order valence-corrected chi connectivity index (χ2v) is 4.87. The van der Waals surface area contributed by atoms with Gasteiger partial charge in [0.05, 0.1) is 12.1 Å². The van der Waals surface area contributed by atoms with Gasteiger partial charge in [-0.05, 0) is 19.1 Å². The molecule has 3 aromatic rings. The van der Waals surface area contributed by atoms with Crippen molar-refractivity contribution in [1.29, 1.82) is 0 Å². The number of carbonyl (C=O) groups excluding carboxylic acids is 1. The summed E-state index contributed by atoms with van der Waals surface area (Å²) < 4.78 is 3.50. The molecule has 1 amide bonds. The van der Waals surface area contributed by atoms with Crippen LogP contribution in [0.15, 0.2) is 36.7 Å². The van der Waals surface area contributed by atoms with Crippen LogP contribution >= 0.6 is 0 Å². The van der Waals surface area contributed by atoms with Gasteiger partial charge in [-0.1, -0.05) is 17.3 Å². The number of amides is 1. The van der Waals surface area contributed by atoms with Crippen molar-refractivity contribution in [3.8, 4) is 0 Å². The van der Waals surface area contributed by atoms with E-state index in [0.717, 1.165) is 16.9 Å². The molecule has 0 saturated heterocycles. The van der Waals surface area contributed by atoms with Crippen LogP contribution in [0.25, 0.3) is 11.0 Å². The Kier molecular flexibility index (Phi) is 3.39. The van der Waals surface area contributed by atoms with Crippen molar-refractivity contribution < 1.29 is 4.79 Å². The number of nitrogens with one attached hydrogen (secondary N) is 1. The Morgan fingerprint density at radius 3 is 2.95 bits per heavy atom. The maximum atomic E-state index is 12.3. The number of aryl methyl sites for hydroxylation is 1. The van der Waals surface area contributed by atoms with Crippen LogP contribution in [-0.4, -0.2) is 30.5 Å². The number of carbonyl (C=O) groups is 1. The number of aromatic nitrogens is 5. The Bertz CT molecular complexity index is 774. The number of para-hydroxylation sites is 1. The van der Waals surface area contributed by atoms with Gasteiger partial charge in [-0.3, -0.25) is 4.79 Å². The Labute approximate surface area is 121 Å². The number of imidazole rings is 1. The van der Waals surface area contributed by atoms with E-state index >= 15 is 0 Å². The third-order valence-corrected chi connectivity index (χ3v) is 3.47. The highest BCUT2D eigenvalue weighted by Crippen LogP contribution is 2.15. The number of benzene rings is 1. The maximum absolute atomic E-state index is 12.3. The van der Waals surface area contributed by atoms with E-state index in [4.69, 9.17) is 0 Å². The van der Waals surface area contributed by atoms with Crippen molar-refractivity contribution in [2.24, 2.45) is 7.05 Å². The predicted molar refractivity (Wildman–Crippen MR) is 77.3 cm³/mol. The largest absolute Gasteiger partial charge is 0.347 e. The fourth-order valence-electron chi connectivity index (χ4n) is 2.16. The van der Waals surface area contributed by atoms with Crippen molar-refractivity contribution in [2.75, 3.05) is 0 Å². The van der Waals surface area contributed by atoms with Gasteiger partial charge in [0.1, 0.15) is 17.4 Å². The lowest BCUT2D eigenvalue weighted by Crippen LogP contribution is -2.31. The van der Waals surface area contributed by atoms with Gasteiger partial charge in [-0.15, -0.1) is 5.10 Å². The average Bonchev–Trinajstić information content (AvgIpc) is 3.10. The molecule has 1 N–H and O–H groups in total. The minimum Gasteiger partial charge on any atom is -0.347 e. The van der Waals surface area contributed by atoms with E-state index < -0.39 is 6.04 Å². The minimum absolute atomic E-state index is 0.117. The van der Waals surface area contributed by atoms with E-state index in [2.05, 4.69) is 20.6 Å². The van der Waals surface area contributed by atoms with Crippen LogP contribution in [0.2, 0.25) is 0 Å². The first-order chi connectivity index (χ1) is 10.2. The molecule has 21 heavy (non-hydrogen) atoms. The smallest absolute Gasteiger partial charge is 0.245 e. The van der Waals surface area contributed by atoms with Gasteiger partial charge in [0, 0.05) is 19.4 Å². The molecule has 0 aliphatic heterocycles. The highest BCUT2D eigenvalue weighted by atomic mass is 16.2. The van der Waals surface area contributed by atoms with Crippen molar-refractivity contribution >= 4 is 16.9 Å². The van der Waals surface area contributed by atoms with E-state index in [1.54, 1.807) is 17.8 Å². The zero-order valence-corrected chi connectivity index (χ0v) is 11.9. The molecule has 0 spiro atoms. The first kappa shape index (κ1) is 13.3.